The van der Waals surface area contributed by atoms with E-state index in [-0.39, 0.29) is 6.54 Å². The standard InChI is InChI=1S/C19H16Cl2N4O2/c1-25(10-17(26)27)8-7-22-19-18-13(3-2-4-16(18)23-11-24-19)12-5-6-14(20)15(21)9-12/h2-9,11H,10H2,1H3,(H,26,27)(H,22,23,24)/b8-7+. The molecule has 3 rings (SSSR count). The lowest BCUT2D eigenvalue weighted by Crippen LogP contribution is -2.20. The number of fused-ring (bicyclic) bond motifs is 1. The van der Waals surface area contributed by atoms with Crippen molar-refractivity contribution in [2.75, 3.05) is 18.9 Å². The normalized spacial score (nSPS) is 11.1. The first-order valence-corrected chi connectivity index (χ1v) is 8.75. The van der Waals surface area contributed by atoms with Crippen LogP contribution >= 0.6 is 23.2 Å². The molecule has 8 heteroatoms. The Morgan fingerprint density at radius 3 is 2.78 bits per heavy atom. The molecule has 0 radical (unpaired) electrons. The van der Waals surface area contributed by atoms with Crippen LogP contribution in [0.2, 0.25) is 10.0 Å². The molecular weight excluding hydrogens is 387 g/mol. The van der Waals surface area contributed by atoms with E-state index < -0.39 is 5.97 Å². The van der Waals surface area contributed by atoms with E-state index in [9.17, 15) is 4.79 Å². The quantitative estimate of drug-likeness (QED) is 0.631. The van der Waals surface area contributed by atoms with Crippen molar-refractivity contribution in [2.24, 2.45) is 0 Å². The lowest BCUT2D eigenvalue weighted by Gasteiger charge is -2.12. The number of aliphatic carboxylic acids is 1. The van der Waals surface area contributed by atoms with Gasteiger partial charge in [-0.05, 0) is 29.3 Å². The number of hydrogen-bond donors (Lipinski definition) is 2. The minimum Gasteiger partial charge on any atom is -0.480 e. The first-order chi connectivity index (χ1) is 13.0. The molecule has 2 aromatic carbocycles. The van der Waals surface area contributed by atoms with Gasteiger partial charge in [-0.1, -0.05) is 41.4 Å². The molecule has 0 aliphatic carbocycles. The highest BCUT2D eigenvalue weighted by Crippen LogP contribution is 2.34. The number of halogens is 2. The minimum atomic E-state index is -0.906. The Bertz CT molecular complexity index is 1020. The summed E-state index contributed by atoms with van der Waals surface area (Å²) in [6.45, 7) is -0.1000. The monoisotopic (exact) mass is 402 g/mol. The van der Waals surface area contributed by atoms with Gasteiger partial charge in [0.2, 0.25) is 0 Å². The molecule has 0 saturated heterocycles. The van der Waals surface area contributed by atoms with Crippen LogP contribution in [0, 0.1) is 0 Å². The van der Waals surface area contributed by atoms with Crippen LogP contribution in [-0.4, -0.2) is 39.5 Å². The Morgan fingerprint density at radius 2 is 2.04 bits per heavy atom. The predicted molar refractivity (Wildman–Crippen MR) is 108 cm³/mol. The molecule has 0 fully saturated rings. The fourth-order valence-corrected chi connectivity index (χ4v) is 2.93. The van der Waals surface area contributed by atoms with Gasteiger partial charge in [0.05, 0.1) is 20.9 Å². The summed E-state index contributed by atoms with van der Waals surface area (Å²) in [6.07, 6.45) is 4.73. The van der Waals surface area contributed by atoms with Gasteiger partial charge < -0.3 is 15.3 Å². The Kier molecular flexibility index (Phi) is 5.78. The number of likely N-dealkylation sites (N-methyl/N-ethyl adjacent to an activating group) is 1. The molecular formula is C19H16Cl2N4O2. The number of benzene rings is 2. The van der Waals surface area contributed by atoms with Gasteiger partial charge in [-0.25, -0.2) is 9.97 Å². The molecule has 0 atom stereocenters. The Balaban J connectivity index is 2.00. The first kappa shape index (κ1) is 18.9. The number of rotatable bonds is 6. The minimum absolute atomic E-state index is 0.1000. The molecule has 0 unspecified atom stereocenters. The summed E-state index contributed by atoms with van der Waals surface area (Å²) in [5, 5.41) is 13.7. The summed E-state index contributed by atoms with van der Waals surface area (Å²) in [6, 6.07) is 11.2. The van der Waals surface area contributed by atoms with Gasteiger partial charge in [0.1, 0.15) is 18.7 Å². The maximum Gasteiger partial charge on any atom is 0.323 e. The van der Waals surface area contributed by atoms with Crippen LogP contribution in [0.25, 0.3) is 22.0 Å². The van der Waals surface area contributed by atoms with E-state index in [1.807, 2.05) is 24.3 Å². The van der Waals surface area contributed by atoms with Crippen LogP contribution in [0.3, 0.4) is 0 Å². The zero-order chi connectivity index (χ0) is 19.4. The zero-order valence-electron chi connectivity index (χ0n) is 14.4. The van der Waals surface area contributed by atoms with Crippen LogP contribution in [-0.2, 0) is 4.79 Å². The molecule has 0 aliphatic rings. The highest BCUT2D eigenvalue weighted by atomic mass is 35.5. The third kappa shape index (κ3) is 4.48. The van der Waals surface area contributed by atoms with Gasteiger partial charge in [0, 0.05) is 19.4 Å². The van der Waals surface area contributed by atoms with Crippen LogP contribution < -0.4 is 5.32 Å². The Hall–Kier alpha value is -2.83. The first-order valence-electron chi connectivity index (χ1n) is 8.00. The van der Waals surface area contributed by atoms with E-state index in [2.05, 4.69) is 15.3 Å². The van der Waals surface area contributed by atoms with Gasteiger partial charge >= 0.3 is 5.97 Å². The molecule has 3 aromatic rings. The van der Waals surface area contributed by atoms with Crippen molar-refractivity contribution in [3.63, 3.8) is 0 Å². The summed E-state index contributed by atoms with van der Waals surface area (Å²) in [5.41, 5.74) is 2.56. The van der Waals surface area contributed by atoms with Gasteiger partial charge in [-0.2, -0.15) is 0 Å². The number of carbonyl (C=O) groups is 1. The van der Waals surface area contributed by atoms with Crippen molar-refractivity contribution in [1.82, 2.24) is 14.9 Å². The number of carboxylic acid groups (broad SMARTS) is 1. The van der Waals surface area contributed by atoms with E-state index in [0.717, 1.165) is 22.0 Å². The third-order valence-corrected chi connectivity index (χ3v) is 4.57. The van der Waals surface area contributed by atoms with E-state index >= 15 is 0 Å². The molecule has 1 heterocycles. The van der Waals surface area contributed by atoms with Crippen molar-refractivity contribution in [3.05, 3.63) is 65.2 Å². The second-order valence-electron chi connectivity index (χ2n) is 5.82. The highest BCUT2D eigenvalue weighted by molar-refractivity contribution is 6.42. The smallest absolute Gasteiger partial charge is 0.323 e. The molecule has 0 bridgehead atoms. The van der Waals surface area contributed by atoms with E-state index in [0.29, 0.717) is 15.9 Å². The molecule has 138 valence electrons. The second kappa shape index (κ2) is 8.24. The number of carboxylic acids is 1. The van der Waals surface area contributed by atoms with Crippen molar-refractivity contribution in [3.8, 4) is 11.1 Å². The van der Waals surface area contributed by atoms with Gasteiger partial charge in [0.25, 0.3) is 0 Å². The van der Waals surface area contributed by atoms with Crippen LogP contribution in [0.4, 0.5) is 5.82 Å². The molecule has 2 N–H and O–H groups in total. The summed E-state index contributed by atoms with van der Waals surface area (Å²) in [4.78, 5) is 20.9. The van der Waals surface area contributed by atoms with Gasteiger partial charge in [-0.15, -0.1) is 0 Å². The summed E-state index contributed by atoms with van der Waals surface area (Å²) in [5.74, 6) is -0.307. The largest absolute Gasteiger partial charge is 0.480 e. The number of nitrogens with one attached hydrogen (secondary N) is 1. The zero-order valence-corrected chi connectivity index (χ0v) is 15.9. The molecule has 27 heavy (non-hydrogen) atoms. The lowest BCUT2D eigenvalue weighted by molar-refractivity contribution is -0.137. The van der Waals surface area contributed by atoms with Crippen molar-refractivity contribution >= 4 is 45.9 Å². The number of nitrogens with zero attached hydrogens (tertiary/aromatic N) is 3. The lowest BCUT2D eigenvalue weighted by atomic mass is 10.0. The van der Waals surface area contributed by atoms with Gasteiger partial charge in [-0.3, -0.25) is 4.79 Å². The SMILES string of the molecule is CN(/C=C/Nc1ncnc2cccc(-c3ccc(Cl)c(Cl)c3)c12)CC(=O)O. The van der Waals surface area contributed by atoms with E-state index in [1.165, 1.54) is 6.33 Å². The van der Waals surface area contributed by atoms with Crippen LogP contribution in [0.15, 0.2) is 55.1 Å². The van der Waals surface area contributed by atoms with Crippen molar-refractivity contribution < 1.29 is 9.90 Å². The summed E-state index contributed by atoms with van der Waals surface area (Å²) >= 11 is 12.2. The van der Waals surface area contributed by atoms with Crippen molar-refractivity contribution in [2.45, 2.75) is 0 Å². The van der Waals surface area contributed by atoms with Crippen LogP contribution in [0.5, 0.6) is 0 Å². The molecule has 1 aromatic heterocycles. The summed E-state index contributed by atoms with van der Waals surface area (Å²) in [7, 11) is 1.67. The fraction of sp³-hybridized carbons (Fsp3) is 0.105. The fourth-order valence-electron chi connectivity index (χ4n) is 2.63. The average molecular weight is 403 g/mol. The van der Waals surface area contributed by atoms with E-state index in [4.69, 9.17) is 28.3 Å². The molecule has 0 spiro atoms. The van der Waals surface area contributed by atoms with E-state index in [1.54, 1.807) is 36.5 Å². The van der Waals surface area contributed by atoms with Crippen LogP contribution in [0.1, 0.15) is 0 Å². The number of anilines is 1. The second-order valence-corrected chi connectivity index (χ2v) is 6.63. The molecule has 0 amide bonds. The maximum absolute atomic E-state index is 10.7. The predicted octanol–water partition coefficient (Wildman–Crippen LogP) is 4.50. The third-order valence-electron chi connectivity index (χ3n) is 3.83. The average Bonchev–Trinajstić information content (AvgIpc) is 2.63. The Labute approximate surface area is 166 Å². The Morgan fingerprint density at radius 1 is 1.22 bits per heavy atom. The van der Waals surface area contributed by atoms with Crippen molar-refractivity contribution in [1.29, 1.82) is 0 Å². The highest BCUT2D eigenvalue weighted by Gasteiger charge is 2.11. The topological polar surface area (TPSA) is 78.3 Å². The number of hydrogen-bond acceptors (Lipinski definition) is 5. The maximum atomic E-state index is 10.7. The summed E-state index contributed by atoms with van der Waals surface area (Å²) < 4.78 is 0. The molecule has 6 nitrogen and oxygen atoms in total. The molecule has 0 saturated carbocycles. The van der Waals surface area contributed by atoms with Gasteiger partial charge in [0.15, 0.2) is 0 Å². The molecule has 0 aliphatic heterocycles. The number of aromatic nitrogens is 2.